The van der Waals surface area contributed by atoms with Crippen molar-refractivity contribution in [2.75, 3.05) is 0 Å². The van der Waals surface area contributed by atoms with E-state index in [1.54, 1.807) is 5.57 Å². The van der Waals surface area contributed by atoms with Crippen molar-refractivity contribution in [2.24, 2.45) is 20.0 Å². The molecule has 4 nitrogen and oxygen atoms in total. The molecule has 0 aromatic heterocycles. The van der Waals surface area contributed by atoms with Crippen LogP contribution in [0.3, 0.4) is 0 Å². The van der Waals surface area contributed by atoms with Crippen LogP contribution in [0, 0.1) is 0 Å². The molecule has 10 fully saturated rings. The van der Waals surface area contributed by atoms with Gasteiger partial charge in [-0.1, -0.05) is 0 Å². The summed E-state index contributed by atoms with van der Waals surface area (Å²) in [6, 6.07) is 0. The van der Waals surface area contributed by atoms with Crippen LogP contribution in [0.1, 0.15) is 0 Å². The van der Waals surface area contributed by atoms with E-state index in [1.165, 1.54) is 49.1 Å². The van der Waals surface area contributed by atoms with Crippen LogP contribution >= 0.6 is 0 Å². The van der Waals surface area contributed by atoms with E-state index in [4.69, 9.17) is 20.0 Å². The van der Waals surface area contributed by atoms with Gasteiger partial charge in [0.1, 0.15) is 0 Å². The minimum atomic E-state index is -3.31. The number of hydrogen-bond acceptors (Lipinski definition) is 4. The Bertz CT molecular complexity index is 2150. The first-order valence-corrected chi connectivity index (χ1v) is 19.5. The fraction of sp³-hybridized carbons (Fsp3) is 0.333. The molecule has 1 spiro atoms. The third-order valence-corrected chi connectivity index (χ3v) is 61.5. The van der Waals surface area contributed by atoms with Gasteiger partial charge >= 0.3 is 192 Å². The maximum atomic E-state index is 5.31. The normalized spacial score (nSPS) is 72.2. The Labute approximate surface area is 191 Å². The maximum absolute atomic E-state index is 5.31. The molecule has 0 aromatic carbocycles. The second-order valence-electron chi connectivity index (χ2n) is 15.6. The number of aliphatic imine (C=N–C) groups is 4. The van der Waals surface area contributed by atoms with Crippen LogP contribution < -0.4 is 0 Å². The van der Waals surface area contributed by atoms with Gasteiger partial charge in [0.25, 0.3) is 0 Å². The first-order chi connectivity index (χ1) is 17.0. The molecule has 0 N–H and O–H groups in total. The molecule has 4 atom stereocenters. The topological polar surface area (TPSA) is 49.4 Å². The Kier molecular flexibility index (Phi) is 0.860. The van der Waals surface area contributed by atoms with Crippen molar-refractivity contribution in [1.82, 2.24) is 0 Å². The molecule has 5 heteroatoms. The first kappa shape index (κ1) is 14.6. The molecule has 15 aliphatic rings. The van der Waals surface area contributed by atoms with Gasteiger partial charge in [0, 0.05) is 0 Å². The summed E-state index contributed by atoms with van der Waals surface area (Å²) in [6.45, 7) is -3.31. The summed E-state index contributed by atoms with van der Waals surface area (Å²) in [4.78, 5) is 31.5. The summed E-state index contributed by atoms with van der Waals surface area (Å²) in [5.41, 5.74) is 9.87. The second kappa shape index (κ2) is 2.06. The van der Waals surface area contributed by atoms with E-state index < -0.39 is 6.51 Å². The summed E-state index contributed by atoms with van der Waals surface area (Å²) in [5, 5.41) is 0. The number of hydrogen-bond donors (Lipinski definition) is 0. The molecule has 0 saturated carbocycles. The second-order valence-corrected chi connectivity index (χ2v) is 39.2. The zero-order valence-electron chi connectivity index (χ0n) is 18.7. The van der Waals surface area contributed by atoms with Crippen LogP contribution in [-0.2, 0) is 6.51 Å². The standard InChI is InChI=1S/C25H15N4.C5H5.Fe/c1-2-4-16(3-1)24-14-23-13-21-8-7-19(27-21)11-17-5-6-18(26-17)12-20-9-10-22(28-20)15-25(24)29-23;1-2-4-5-3-1;/h1-15H;1-5H;. The summed E-state index contributed by atoms with van der Waals surface area (Å²) >= 11 is 0. The van der Waals surface area contributed by atoms with Gasteiger partial charge in [0.15, 0.2) is 0 Å². The average molecular weight is 492 g/mol. The van der Waals surface area contributed by atoms with Crippen molar-refractivity contribution in [1.29, 1.82) is 0 Å². The molecule has 0 aliphatic carbocycles. The van der Waals surface area contributed by atoms with Gasteiger partial charge in [0.2, 0.25) is 0 Å². The first-order valence-electron chi connectivity index (χ1n) is 13.2. The van der Waals surface area contributed by atoms with Crippen molar-refractivity contribution in [3.8, 4) is 0 Å². The van der Waals surface area contributed by atoms with Gasteiger partial charge in [-0.15, -0.1) is 0 Å². The molecule has 0 aromatic rings. The molecule has 15 aliphatic heterocycles. The van der Waals surface area contributed by atoms with Crippen LogP contribution in [-0.4, -0.2) is 22.8 Å². The third kappa shape index (κ3) is 0.359. The monoisotopic (exact) mass is 492 g/mol. The van der Waals surface area contributed by atoms with Crippen molar-refractivity contribution >= 4 is 22.8 Å². The summed E-state index contributed by atoms with van der Waals surface area (Å²) in [6.07, 6.45) is 23.8. The molecule has 10 saturated heterocycles. The Hall–Kier alpha value is -2.88. The number of nitrogens with zero attached hydrogens (tertiary/aromatic N) is 4. The molecular weight excluding hydrogens is 472 g/mol. The van der Waals surface area contributed by atoms with E-state index in [2.05, 4.69) is 60.8 Å². The number of rotatable bonds is 1. The van der Waals surface area contributed by atoms with Gasteiger partial charge in [-0.25, -0.2) is 0 Å². The Morgan fingerprint density at radius 2 is 0.971 bits per heavy atom. The van der Waals surface area contributed by atoms with Crippen LogP contribution in [0.5, 0.6) is 0 Å². The van der Waals surface area contributed by atoms with Crippen molar-refractivity contribution in [3.05, 3.63) is 95.2 Å². The van der Waals surface area contributed by atoms with E-state index >= 15 is 0 Å². The molecule has 0 amide bonds. The average Bonchev–Trinajstić information content (AvgIpc) is 3.59. The van der Waals surface area contributed by atoms with E-state index in [0.717, 1.165) is 39.9 Å². The van der Waals surface area contributed by atoms with Crippen LogP contribution in [0.25, 0.3) is 0 Å². The minimum absolute atomic E-state index is 0.683. The molecular formula is C30H20FeN4. The predicted molar refractivity (Wildman–Crippen MR) is 134 cm³/mol. The number of fused-ring (bicyclic) bond motifs is 14. The molecule has 168 valence electrons. The summed E-state index contributed by atoms with van der Waals surface area (Å²) in [7, 11) is 0. The van der Waals surface area contributed by atoms with E-state index in [0.29, 0.717) is 4.31 Å². The molecule has 0 radical (unpaired) electrons. The Morgan fingerprint density at radius 3 is 1.43 bits per heavy atom. The Balaban J connectivity index is 1.00. The molecule has 4 unspecified atom stereocenters. The fourth-order valence-corrected chi connectivity index (χ4v) is 94.3. The van der Waals surface area contributed by atoms with Crippen LogP contribution in [0.4, 0.5) is 0 Å². The SMILES string of the molecule is C1=CC2=NC1=CC1=NC(=CC3=NC(=CC4=NC(=C2)C=C4)C=C3[C]23[CH]4[CH]5[CH]6[CH]2[Fe]56432789[CH]3[CH]2[CH]7[CH]8[CH]39)C=C1. The van der Waals surface area contributed by atoms with E-state index in [9.17, 15) is 0 Å². The van der Waals surface area contributed by atoms with Gasteiger partial charge in [-0.3, -0.25) is 0 Å². The molecule has 8 bridgehead atoms. The van der Waals surface area contributed by atoms with Crippen LogP contribution in [0.15, 0.2) is 115 Å². The zero-order valence-corrected chi connectivity index (χ0v) is 19.8. The third-order valence-electron chi connectivity index (χ3n) is 19.1. The molecule has 15 heterocycles. The van der Waals surface area contributed by atoms with Crippen LogP contribution in [0.2, 0.25) is 47.7 Å². The summed E-state index contributed by atoms with van der Waals surface area (Å²) in [5.74, 6) is 0. The quantitative estimate of drug-likeness (QED) is 0.366. The number of allylic oxidation sites excluding steroid dienone is 12. The van der Waals surface area contributed by atoms with Crippen molar-refractivity contribution < 1.29 is 6.51 Å². The van der Waals surface area contributed by atoms with Crippen molar-refractivity contribution in [2.45, 2.75) is 47.7 Å². The zero-order chi connectivity index (χ0) is 21.8. The van der Waals surface area contributed by atoms with E-state index in [1.807, 2.05) is 6.08 Å². The molecule has 15 rings (SSSR count). The fourth-order valence-electron chi connectivity index (χ4n) is 20.1. The van der Waals surface area contributed by atoms with Crippen molar-refractivity contribution in [3.63, 3.8) is 0 Å². The van der Waals surface area contributed by atoms with Gasteiger partial charge in [-0.2, -0.15) is 0 Å². The van der Waals surface area contributed by atoms with Gasteiger partial charge < -0.3 is 0 Å². The Morgan fingerprint density at radius 1 is 0.486 bits per heavy atom. The van der Waals surface area contributed by atoms with E-state index in [-0.39, 0.29) is 0 Å². The van der Waals surface area contributed by atoms with Gasteiger partial charge in [-0.05, 0) is 0 Å². The summed E-state index contributed by atoms with van der Waals surface area (Å²) < 4.78 is 0.683. The predicted octanol–water partition coefficient (Wildman–Crippen LogP) is 6.71. The molecule has 35 heavy (non-hydrogen) atoms. The van der Waals surface area contributed by atoms with Gasteiger partial charge in [0.05, 0.1) is 0 Å².